The molecule has 2 fully saturated rings. The number of allylic oxidation sites excluding steroid dienone is 1. The Kier molecular flexibility index (Phi) is 5.82. The van der Waals surface area contributed by atoms with Crippen molar-refractivity contribution in [1.82, 2.24) is 0 Å². The van der Waals surface area contributed by atoms with E-state index in [4.69, 9.17) is 8.85 Å². The highest BCUT2D eigenvalue weighted by Gasteiger charge is 2.73. The highest BCUT2D eigenvalue weighted by atomic mass is 28.4. The molecule has 5 heteroatoms. The van der Waals surface area contributed by atoms with Gasteiger partial charge in [0.2, 0.25) is 0 Å². The van der Waals surface area contributed by atoms with E-state index in [9.17, 15) is 4.79 Å². The van der Waals surface area contributed by atoms with Gasteiger partial charge in [0.15, 0.2) is 22.4 Å². The Balaban J connectivity index is 1.95. The van der Waals surface area contributed by atoms with Crippen molar-refractivity contribution in [2.45, 2.75) is 111 Å². The molecule has 0 N–H and O–H groups in total. The summed E-state index contributed by atoms with van der Waals surface area (Å²) in [6.45, 7) is 28.4. The number of carbonyl (C=O) groups is 1. The first-order valence-corrected chi connectivity index (χ1v) is 19.5. The summed E-state index contributed by atoms with van der Waals surface area (Å²) in [6.07, 6.45) is 6.18. The molecule has 4 aliphatic carbocycles. The Labute approximate surface area is 205 Å². The molecule has 2 saturated carbocycles. The molecular weight excluding hydrogens is 440 g/mol. The van der Waals surface area contributed by atoms with Crippen LogP contribution < -0.4 is 0 Å². The van der Waals surface area contributed by atoms with Gasteiger partial charge in [0.25, 0.3) is 0 Å². The first kappa shape index (κ1) is 25.6. The van der Waals surface area contributed by atoms with Crippen molar-refractivity contribution in [2.75, 3.05) is 0 Å². The minimum Gasteiger partial charge on any atom is -0.413 e. The molecule has 0 spiro atoms. The van der Waals surface area contributed by atoms with Crippen LogP contribution in [-0.4, -0.2) is 34.1 Å². The highest BCUT2D eigenvalue weighted by molar-refractivity contribution is 6.74. The predicted octanol–water partition coefficient (Wildman–Crippen LogP) is 7.37. The van der Waals surface area contributed by atoms with E-state index in [2.05, 4.69) is 87.3 Å². The fourth-order valence-electron chi connectivity index (χ4n) is 7.26. The van der Waals surface area contributed by atoms with Crippen LogP contribution in [0, 0.1) is 35.0 Å². The Morgan fingerprint density at radius 2 is 1.64 bits per heavy atom. The van der Waals surface area contributed by atoms with Gasteiger partial charge in [0.1, 0.15) is 0 Å². The largest absolute Gasteiger partial charge is 0.413 e. The summed E-state index contributed by atoms with van der Waals surface area (Å²) < 4.78 is 14.8. The normalized spacial score (nSPS) is 40.3. The molecule has 0 aromatic heterocycles. The number of hydrogen-bond acceptors (Lipinski definition) is 3. The van der Waals surface area contributed by atoms with Crippen LogP contribution in [-0.2, 0) is 13.6 Å². The number of hydrogen-bond donors (Lipinski definition) is 0. The predicted molar refractivity (Wildman–Crippen MR) is 142 cm³/mol. The zero-order valence-electron chi connectivity index (χ0n) is 23.3. The summed E-state index contributed by atoms with van der Waals surface area (Å²) >= 11 is 0. The molecule has 0 aromatic carbocycles. The van der Waals surface area contributed by atoms with Gasteiger partial charge in [-0.2, -0.15) is 0 Å². The fraction of sp³-hybridized carbons (Fsp3) is 0.821. The minimum absolute atomic E-state index is 0.119. The van der Waals surface area contributed by atoms with Crippen LogP contribution in [0.1, 0.15) is 61.3 Å². The number of ketones is 1. The van der Waals surface area contributed by atoms with Crippen molar-refractivity contribution in [3.05, 3.63) is 23.3 Å². The summed E-state index contributed by atoms with van der Waals surface area (Å²) in [5.41, 5.74) is 2.31. The summed E-state index contributed by atoms with van der Waals surface area (Å²) in [4.78, 5) is 12.8. The monoisotopic (exact) mass is 488 g/mol. The molecule has 0 aromatic rings. The van der Waals surface area contributed by atoms with Gasteiger partial charge >= 0.3 is 0 Å². The molecule has 186 valence electrons. The molecule has 1 unspecified atom stereocenters. The fourth-order valence-corrected chi connectivity index (χ4v) is 10.1. The molecule has 0 amide bonds. The van der Waals surface area contributed by atoms with E-state index in [0.717, 1.165) is 0 Å². The number of fused-ring (bicyclic) bond motifs is 5. The third-order valence-corrected chi connectivity index (χ3v) is 15.3. The molecular formula is C28H48O3Si2. The molecule has 4 aliphatic rings. The van der Waals surface area contributed by atoms with Gasteiger partial charge in [-0.15, -0.1) is 0 Å². The van der Waals surface area contributed by atoms with Crippen LogP contribution in [0.3, 0.4) is 0 Å². The van der Waals surface area contributed by atoms with Crippen LogP contribution in [0.15, 0.2) is 23.3 Å². The zero-order chi connectivity index (χ0) is 24.9. The van der Waals surface area contributed by atoms with Crippen molar-refractivity contribution < 1.29 is 13.6 Å². The van der Waals surface area contributed by atoms with E-state index in [-0.39, 0.29) is 28.8 Å². The maximum absolute atomic E-state index is 12.8. The van der Waals surface area contributed by atoms with E-state index < -0.39 is 22.2 Å². The molecule has 0 heterocycles. The maximum atomic E-state index is 12.8. The summed E-state index contributed by atoms with van der Waals surface area (Å²) in [5.74, 6) is 2.45. The van der Waals surface area contributed by atoms with Gasteiger partial charge in [-0.3, -0.25) is 4.79 Å². The van der Waals surface area contributed by atoms with Crippen molar-refractivity contribution in [3.8, 4) is 0 Å². The first-order chi connectivity index (χ1) is 14.8. The van der Waals surface area contributed by atoms with Crippen LogP contribution >= 0.6 is 0 Å². The average Bonchev–Trinajstić information content (AvgIpc) is 2.98. The van der Waals surface area contributed by atoms with Crippen molar-refractivity contribution >= 4 is 22.4 Å². The second-order valence-corrected chi connectivity index (χ2v) is 23.9. The van der Waals surface area contributed by atoms with Crippen LogP contribution in [0.2, 0.25) is 37.8 Å². The van der Waals surface area contributed by atoms with E-state index in [0.29, 0.717) is 29.6 Å². The Morgan fingerprint density at radius 1 is 1.03 bits per heavy atom. The van der Waals surface area contributed by atoms with Gasteiger partial charge in [-0.05, 0) is 90.5 Å². The number of carbonyl (C=O) groups excluding carboxylic acids is 1. The SMILES string of the molecule is C[C@@H]1C=C2CC(=O)C=C2[C@@]2(O[Si](C)(C)C)[C@H](C)C[C@@H]3C([C@@H]2[C@@H]1O[Si](C)(C)C(C)(C)C)C3(C)C. The zero-order valence-corrected chi connectivity index (χ0v) is 25.3. The van der Waals surface area contributed by atoms with Crippen molar-refractivity contribution in [1.29, 1.82) is 0 Å². The third-order valence-electron chi connectivity index (χ3n) is 9.85. The first-order valence-electron chi connectivity index (χ1n) is 13.2. The molecule has 0 radical (unpaired) electrons. The molecule has 33 heavy (non-hydrogen) atoms. The third kappa shape index (κ3) is 3.93. The van der Waals surface area contributed by atoms with Gasteiger partial charge in [0.05, 0.1) is 11.7 Å². The standard InChI is InChI=1S/C28H48O3Si2/c1-17-13-19-15-20(29)16-21(19)28(31-32(8,9)10)18(2)14-22-23(27(22,6)7)24(28)25(17)30-33(11,12)26(3,4)5/h13,16-18,22-25H,14-15H2,1-12H3/t17-,18-,22-,23?,24-,25-,28+/m1/s1. The average molecular weight is 489 g/mol. The topological polar surface area (TPSA) is 35.5 Å². The lowest BCUT2D eigenvalue weighted by Gasteiger charge is -2.55. The van der Waals surface area contributed by atoms with Gasteiger partial charge < -0.3 is 8.85 Å². The van der Waals surface area contributed by atoms with Gasteiger partial charge in [0, 0.05) is 12.3 Å². The van der Waals surface area contributed by atoms with E-state index in [1.165, 1.54) is 17.6 Å². The molecule has 7 atom stereocenters. The lowest BCUT2D eigenvalue weighted by molar-refractivity contribution is -0.114. The van der Waals surface area contributed by atoms with E-state index in [1.54, 1.807) is 0 Å². The number of rotatable bonds is 4. The Hall–Kier alpha value is -0.496. The quantitative estimate of drug-likeness (QED) is 0.387. The van der Waals surface area contributed by atoms with Crippen molar-refractivity contribution in [3.63, 3.8) is 0 Å². The van der Waals surface area contributed by atoms with Gasteiger partial charge in [-0.25, -0.2) is 0 Å². The second kappa shape index (κ2) is 7.50. The summed E-state index contributed by atoms with van der Waals surface area (Å²) in [6, 6.07) is 0. The molecule has 0 aliphatic heterocycles. The minimum atomic E-state index is -2.01. The van der Waals surface area contributed by atoms with E-state index in [1.807, 2.05) is 6.08 Å². The highest BCUT2D eigenvalue weighted by Crippen LogP contribution is 2.74. The van der Waals surface area contributed by atoms with Crippen LogP contribution in [0.5, 0.6) is 0 Å². The Morgan fingerprint density at radius 3 is 2.18 bits per heavy atom. The lowest BCUT2D eigenvalue weighted by Crippen LogP contribution is -2.61. The second-order valence-electron chi connectivity index (χ2n) is 14.7. The van der Waals surface area contributed by atoms with Crippen molar-refractivity contribution in [2.24, 2.45) is 35.0 Å². The van der Waals surface area contributed by atoms with Gasteiger partial charge in [-0.1, -0.05) is 54.5 Å². The summed E-state index contributed by atoms with van der Waals surface area (Å²) in [5, 5.41) is 0.151. The molecule has 0 bridgehead atoms. The summed E-state index contributed by atoms with van der Waals surface area (Å²) in [7, 11) is -3.95. The smallest absolute Gasteiger partial charge is 0.192 e. The molecule has 0 saturated heterocycles. The Bertz CT molecular complexity index is 901. The maximum Gasteiger partial charge on any atom is 0.192 e. The molecule has 3 nitrogen and oxygen atoms in total. The van der Waals surface area contributed by atoms with Crippen LogP contribution in [0.4, 0.5) is 0 Å². The molecule has 4 rings (SSSR count). The van der Waals surface area contributed by atoms with Crippen LogP contribution in [0.25, 0.3) is 0 Å². The van der Waals surface area contributed by atoms with E-state index >= 15 is 0 Å². The lowest BCUT2D eigenvalue weighted by atomic mass is 9.62.